The fraction of sp³-hybridized carbons (Fsp3) is 0.556. The summed E-state index contributed by atoms with van der Waals surface area (Å²) in [6.07, 6.45) is 0.713. The summed E-state index contributed by atoms with van der Waals surface area (Å²) in [4.78, 5) is 17.6. The number of likely N-dealkylation sites (tertiary alicyclic amines) is 1. The Morgan fingerprint density at radius 1 is 1.36 bits per heavy atom. The number of aromatic nitrogens is 2. The summed E-state index contributed by atoms with van der Waals surface area (Å²) >= 11 is 0. The maximum absolute atomic E-state index is 14.2. The average Bonchev–Trinajstić information content (AvgIpc) is 2.85. The van der Waals surface area contributed by atoms with Crippen molar-refractivity contribution in [3.8, 4) is 0 Å². The van der Waals surface area contributed by atoms with Gasteiger partial charge in [-0.2, -0.15) is 0 Å². The fourth-order valence-electron chi connectivity index (χ4n) is 3.19. The number of amides is 1. The number of nitrogens with zero attached hydrogens (tertiary/aromatic N) is 3. The van der Waals surface area contributed by atoms with E-state index < -0.39 is 30.1 Å². The van der Waals surface area contributed by atoms with E-state index in [2.05, 4.69) is 4.98 Å². The van der Waals surface area contributed by atoms with Gasteiger partial charge < -0.3 is 14.2 Å². The van der Waals surface area contributed by atoms with Gasteiger partial charge in [0, 0.05) is 25.9 Å². The predicted molar refractivity (Wildman–Crippen MR) is 90.8 cm³/mol. The molecule has 0 radical (unpaired) electrons. The molecule has 1 fully saturated rings. The number of piperidine rings is 1. The predicted octanol–water partition coefficient (Wildman–Crippen LogP) is 3.93. The minimum absolute atomic E-state index is 0.216. The third-order valence-electron chi connectivity index (χ3n) is 4.28. The molecule has 136 valence electrons. The number of carbonyl (C=O) groups excluding carboxylic acids is 1. The molecule has 1 unspecified atom stereocenters. The normalized spacial score (nSPS) is 20.7. The Kier molecular flexibility index (Phi) is 4.21. The molecule has 1 saturated heterocycles. The van der Waals surface area contributed by atoms with Crippen LogP contribution >= 0.6 is 0 Å². The van der Waals surface area contributed by atoms with Crippen molar-refractivity contribution in [3.63, 3.8) is 0 Å². The van der Waals surface area contributed by atoms with Gasteiger partial charge in [0.05, 0.1) is 23.9 Å². The highest BCUT2D eigenvalue weighted by Gasteiger charge is 2.43. The molecule has 2 aromatic rings. The van der Waals surface area contributed by atoms with Gasteiger partial charge in [0.2, 0.25) is 0 Å². The Bertz CT molecular complexity index is 795. The molecule has 0 saturated carbocycles. The Hall–Kier alpha value is -2.18. The molecule has 5 nitrogen and oxygen atoms in total. The second-order valence-electron chi connectivity index (χ2n) is 7.72. The van der Waals surface area contributed by atoms with Gasteiger partial charge in [0.1, 0.15) is 5.60 Å². The first-order valence-electron chi connectivity index (χ1n) is 8.31. The number of alkyl halides is 2. The maximum atomic E-state index is 14.2. The van der Waals surface area contributed by atoms with E-state index in [1.54, 1.807) is 27.1 Å². The number of aryl methyl sites for hydroxylation is 1. The summed E-state index contributed by atoms with van der Waals surface area (Å²) in [7, 11) is 1.86. The molecule has 25 heavy (non-hydrogen) atoms. The number of benzene rings is 1. The number of fused-ring (bicyclic) bond motifs is 1. The monoisotopic (exact) mass is 351 g/mol. The minimum Gasteiger partial charge on any atom is -0.444 e. The molecule has 1 aliphatic rings. The number of hydrogen-bond donors (Lipinski definition) is 0. The first kappa shape index (κ1) is 17.6. The molecule has 0 aliphatic carbocycles. The number of halogens is 2. The van der Waals surface area contributed by atoms with Crippen molar-refractivity contribution in [3.05, 3.63) is 30.1 Å². The molecule has 2 heterocycles. The van der Waals surface area contributed by atoms with Crippen LogP contribution in [0.1, 0.15) is 38.7 Å². The fourth-order valence-corrected chi connectivity index (χ4v) is 3.19. The van der Waals surface area contributed by atoms with E-state index in [0.717, 1.165) is 21.5 Å². The molecule has 1 amide bonds. The van der Waals surface area contributed by atoms with Crippen LogP contribution in [0.3, 0.4) is 0 Å². The third kappa shape index (κ3) is 3.91. The van der Waals surface area contributed by atoms with Crippen LogP contribution in [0.2, 0.25) is 0 Å². The molecule has 7 heteroatoms. The lowest BCUT2D eigenvalue weighted by Gasteiger charge is -2.38. The standard InChI is InChI=1S/C18H23F2N3O2/c1-17(2,3)25-16(24)23-9-13(8-18(19,20)10-23)12-5-6-14-15(7-12)22(4)11-21-14/h5-7,11,13H,8-10H2,1-4H3. The first-order chi connectivity index (χ1) is 11.5. The van der Waals surface area contributed by atoms with Crippen LogP contribution in [-0.2, 0) is 11.8 Å². The Labute approximate surface area is 145 Å². The van der Waals surface area contributed by atoms with Gasteiger partial charge in [-0.05, 0) is 38.5 Å². The Balaban J connectivity index is 1.87. The molecule has 1 aromatic carbocycles. The van der Waals surface area contributed by atoms with Crippen molar-refractivity contribution < 1.29 is 18.3 Å². The zero-order chi connectivity index (χ0) is 18.4. The lowest BCUT2D eigenvalue weighted by Crippen LogP contribution is -2.50. The van der Waals surface area contributed by atoms with Crippen molar-refractivity contribution in [2.45, 2.75) is 44.6 Å². The lowest BCUT2D eigenvalue weighted by molar-refractivity contribution is -0.0755. The van der Waals surface area contributed by atoms with Crippen LogP contribution in [0.5, 0.6) is 0 Å². The van der Waals surface area contributed by atoms with Crippen LogP contribution in [0, 0.1) is 0 Å². The molecule has 3 rings (SSSR count). The second-order valence-corrected chi connectivity index (χ2v) is 7.72. The summed E-state index contributed by atoms with van der Waals surface area (Å²) in [6.45, 7) is 4.78. The number of ether oxygens (including phenoxy) is 1. The number of imidazole rings is 1. The van der Waals surface area contributed by atoms with E-state index in [4.69, 9.17) is 4.74 Å². The van der Waals surface area contributed by atoms with E-state index in [1.165, 1.54) is 0 Å². The summed E-state index contributed by atoms with van der Waals surface area (Å²) in [5.41, 5.74) is 1.77. The maximum Gasteiger partial charge on any atom is 0.410 e. The Morgan fingerprint density at radius 3 is 2.76 bits per heavy atom. The van der Waals surface area contributed by atoms with Gasteiger partial charge in [0.15, 0.2) is 0 Å². The van der Waals surface area contributed by atoms with Gasteiger partial charge in [-0.25, -0.2) is 18.6 Å². The average molecular weight is 351 g/mol. The topological polar surface area (TPSA) is 47.4 Å². The number of hydrogen-bond acceptors (Lipinski definition) is 3. The molecule has 1 atom stereocenters. The van der Waals surface area contributed by atoms with E-state index in [0.29, 0.717) is 0 Å². The zero-order valence-electron chi connectivity index (χ0n) is 14.9. The Morgan fingerprint density at radius 2 is 2.08 bits per heavy atom. The highest BCUT2D eigenvalue weighted by molar-refractivity contribution is 5.76. The van der Waals surface area contributed by atoms with E-state index in [9.17, 15) is 13.6 Å². The smallest absolute Gasteiger partial charge is 0.410 e. The van der Waals surface area contributed by atoms with E-state index in [1.807, 2.05) is 29.8 Å². The number of rotatable bonds is 1. The van der Waals surface area contributed by atoms with Gasteiger partial charge in [-0.1, -0.05) is 6.07 Å². The highest BCUT2D eigenvalue weighted by Crippen LogP contribution is 2.37. The van der Waals surface area contributed by atoms with Crippen molar-refractivity contribution in [2.24, 2.45) is 7.05 Å². The lowest BCUT2D eigenvalue weighted by atomic mass is 9.88. The van der Waals surface area contributed by atoms with Crippen LogP contribution in [0.4, 0.5) is 13.6 Å². The van der Waals surface area contributed by atoms with Crippen LogP contribution in [-0.4, -0.2) is 45.2 Å². The van der Waals surface area contributed by atoms with Gasteiger partial charge in [-0.15, -0.1) is 0 Å². The summed E-state index contributed by atoms with van der Waals surface area (Å²) in [6, 6.07) is 5.52. The molecule has 1 aromatic heterocycles. The van der Waals surface area contributed by atoms with Crippen molar-refractivity contribution in [1.82, 2.24) is 14.5 Å². The zero-order valence-corrected chi connectivity index (χ0v) is 14.9. The molecule has 0 N–H and O–H groups in total. The second kappa shape index (κ2) is 5.97. The number of carbonyl (C=O) groups is 1. The molecular weight excluding hydrogens is 328 g/mol. The highest BCUT2D eigenvalue weighted by atomic mass is 19.3. The van der Waals surface area contributed by atoms with Crippen LogP contribution < -0.4 is 0 Å². The molecular formula is C18H23F2N3O2. The van der Waals surface area contributed by atoms with E-state index >= 15 is 0 Å². The first-order valence-corrected chi connectivity index (χ1v) is 8.31. The van der Waals surface area contributed by atoms with Crippen molar-refractivity contribution >= 4 is 17.1 Å². The summed E-state index contributed by atoms with van der Waals surface area (Å²) in [5.74, 6) is -3.39. The molecule has 1 aliphatic heterocycles. The van der Waals surface area contributed by atoms with Gasteiger partial charge in [0.25, 0.3) is 5.92 Å². The summed E-state index contributed by atoms with van der Waals surface area (Å²) < 4.78 is 35.6. The largest absolute Gasteiger partial charge is 0.444 e. The quantitative estimate of drug-likeness (QED) is 0.782. The SMILES string of the molecule is Cn1cnc2ccc(C3CN(C(=O)OC(C)(C)C)CC(F)(F)C3)cc21. The minimum atomic E-state index is -2.94. The van der Waals surface area contributed by atoms with Crippen molar-refractivity contribution in [1.29, 1.82) is 0 Å². The van der Waals surface area contributed by atoms with Crippen LogP contribution in [0.15, 0.2) is 24.5 Å². The van der Waals surface area contributed by atoms with E-state index in [-0.39, 0.29) is 13.0 Å². The molecule has 0 spiro atoms. The van der Waals surface area contributed by atoms with Crippen molar-refractivity contribution in [2.75, 3.05) is 13.1 Å². The molecule has 0 bridgehead atoms. The third-order valence-corrected chi connectivity index (χ3v) is 4.28. The van der Waals surface area contributed by atoms with Gasteiger partial charge >= 0.3 is 6.09 Å². The van der Waals surface area contributed by atoms with Crippen LogP contribution in [0.25, 0.3) is 11.0 Å². The summed E-state index contributed by atoms with van der Waals surface area (Å²) in [5, 5.41) is 0. The van der Waals surface area contributed by atoms with Gasteiger partial charge in [-0.3, -0.25) is 0 Å².